The molecule has 28 heavy (non-hydrogen) atoms. The molecule has 1 aromatic carbocycles. The fourth-order valence-electron chi connectivity index (χ4n) is 5.12. The summed E-state index contributed by atoms with van der Waals surface area (Å²) in [5.41, 5.74) is 3.09. The van der Waals surface area contributed by atoms with Gasteiger partial charge < -0.3 is 4.74 Å². The average molecular weight is 381 g/mol. The average Bonchev–Trinajstić information content (AvgIpc) is 2.74. The predicted octanol–water partition coefficient (Wildman–Crippen LogP) is 5.70. The highest BCUT2D eigenvalue weighted by Crippen LogP contribution is 2.44. The first-order valence-electron chi connectivity index (χ1n) is 10.7. The van der Waals surface area contributed by atoms with Gasteiger partial charge in [0.1, 0.15) is 5.69 Å². The molecule has 150 valence electrons. The van der Waals surface area contributed by atoms with Crippen molar-refractivity contribution in [2.45, 2.75) is 64.5 Å². The third-order valence-electron chi connectivity index (χ3n) is 6.56. The van der Waals surface area contributed by atoms with Crippen LogP contribution in [0.2, 0.25) is 0 Å². The van der Waals surface area contributed by atoms with Crippen LogP contribution < -0.4 is 9.80 Å². The number of benzene rings is 1. The SMILES string of the molecule is COc1c(N(OCc2ccccc2)C2CC[C@H]3CCCC[C@H]3C2)ccnc1C. The summed E-state index contributed by atoms with van der Waals surface area (Å²) in [5.74, 6) is 2.58. The van der Waals surface area contributed by atoms with Crippen molar-refractivity contribution in [3.05, 3.63) is 53.9 Å². The Bertz CT molecular complexity index is 764. The van der Waals surface area contributed by atoms with Gasteiger partial charge in [-0.1, -0.05) is 56.0 Å². The van der Waals surface area contributed by atoms with Crippen LogP contribution in [0, 0.1) is 18.8 Å². The molecule has 2 aromatic rings. The van der Waals surface area contributed by atoms with Crippen molar-refractivity contribution in [3.8, 4) is 5.75 Å². The minimum Gasteiger partial charge on any atom is -0.493 e. The summed E-state index contributed by atoms with van der Waals surface area (Å²) in [4.78, 5) is 10.9. The van der Waals surface area contributed by atoms with Gasteiger partial charge in [0.05, 0.1) is 25.5 Å². The van der Waals surface area contributed by atoms with Crippen molar-refractivity contribution in [1.82, 2.24) is 4.98 Å². The van der Waals surface area contributed by atoms with Gasteiger partial charge in [-0.25, -0.2) is 5.06 Å². The quantitative estimate of drug-likeness (QED) is 0.603. The fraction of sp³-hybridized carbons (Fsp3) is 0.542. The largest absolute Gasteiger partial charge is 0.493 e. The van der Waals surface area contributed by atoms with E-state index in [0.717, 1.165) is 29.0 Å². The van der Waals surface area contributed by atoms with E-state index in [4.69, 9.17) is 9.57 Å². The molecule has 3 atom stereocenters. The van der Waals surface area contributed by atoms with E-state index in [1.165, 1.54) is 50.5 Å². The van der Waals surface area contributed by atoms with Gasteiger partial charge in [0, 0.05) is 6.20 Å². The molecule has 0 saturated heterocycles. The van der Waals surface area contributed by atoms with Crippen LogP contribution in [0.25, 0.3) is 0 Å². The van der Waals surface area contributed by atoms with Gasteiger partial charge in [0.2, 0.25) is 0 Å². The van der Waals surface area contributed by atoms with E-state index in [9.17, 15) is 0 Å². The molecule has 4 nitrogen and oxygen atoms in total. The van der Waals surface area contributed by atoms with Crippen molar-refractivity contribution in [3.63, 3.8) is 0 Å². The maximum atomic E-state index is 6.46. The summed E-state index contributed by atoms with van der Waals surface area (Å²) in [5, 5.41) is 2.14. The topological polar surface area (TPSA) is 34.6 Å². The van der Waals surface area contributed by atoms with E-state index in [1.807, 2.05) is 25.3 Å². The van der Waals surface area contributed by atoms with Crippen LogP contribution in [0.1, 0.15) is 56.2 Å². The van der Waals surface area contributed by atoms with Crippen molar-refractivity contribution < 1.29 is 9.57 Å². The lowest BCUT2D eigenvalue weighted by atomic mass is 9.69. The lowest BCUT2D eigenvalue weighted by Gasteiger charge is -2.43. The zero-order chi connectivity index (χ0) is 19.3. The summed E-state index contributed by atoms with van der Waals surface area (Å²) in [6.07, 6.45) is 11.2. The molecule has 0 aliphatic heterocycles. The molecule has 0 radical (unpaired) electrons. The highest BCUT2D eigenvalue weighted by atomic mass is 16.7. The van der Waals surface area contributed by atoms with E-state index < -0.39 is 0 Å². The van der Waals surface area contributed by atoms with Crippen LogP contribution in [0.4, 0.5) is 5.69 Å². The molecule has 1 aromatic heterocycles. The molecule has 0 N–H and O–H groups in total. The molecule has 0 bridgehead atoms. The Morgan fingerprint density at radius 3 is 2.57 bits per heavy atom. The number of hydrogen-bond donors (Lipinski definition) is 0. The van der Waals surface area contributed by atoms with Crippen molar-refractivity contribution in [1.29, 1.82) is 0 Å². The summed E-state index contributed by atoms with van der Waals surface area (Å²) in [7, 11) is 1.72. The molecular weight excluding hydrogens is 348 g/mol. The summed E-state index contributed by atoms with van der Waals surface area (Å²) < 4.78 is 5.72. The third-order valence-corrected chi connectivity index (χ3v) is 6.56. The van der Waals surface area contributed by atoms with Crippen molar-refractivity contribution in [2.24, 2.45) is 11.8 Å². The van der Waals surface area contributed by atoms with Gasteiger partial charge in [0.15, 0.2) is 5.75 Å². The molecule has 4 heteroatoms. The second-order valence-electron chi connectivity index (χ2n) is 8.31. The number of rotatable bonds is 6. The van der Waals surface area contributed by atoms with E-state index in [2.05, 4.69) is 34.3 Å². The minimum absolute atomic E-state index is 0.388. The van der Waals surface area contributed by atoms with Gasteiger partial charge in [-0.2, -0.15) is 0 Å². The Kier molecular flexibility index (Phi) is 6.16. The fourth-order valence-corrected chi connectivity index (χ4v) is 5.12. The summed E-state index contributed by atoms with van der Waals surface area (Å²) >= 11 is 0. The zero-order valence-electron chi connectivity index (χ0n) is 17.1. The normalized spacial score (nSPS) is 24.4. The van der Waals surface area contributed by atoms with Gasteiger partial charge in [-0.15, -0.1) is 0 Å². The van der Waals surface area contributed by atoms with Crippen LogP contribution in [0.15, 0.2) is 42.6 Å². The standard InChI is InChI=1S/C24H32N2O2/c1-18-24(27-2)23(14-15-25-18)26(28-17-19-8-4-3-5-9-19)22-13-12-20-10-6-7-11-21(20)16-22/h3-5,8-9,14-15,20-22H,6-7,10-13,16-17H2,1-2H3/t20-,21+,22?/m1/s1. The third kappa shape index (κ3) is 4.17. The first-order valence-corrected chi connectivity index (χ1v) is 10.7. The Labute approximate surface area is 168 Å². The summed E-state index contributed by atoms with van der Waals surface area (Å²) in [6, 6.07) is 12.8. The molecular formula is C24H32N2O2. The first kappa shape index (κ1) is 19.3. The molecule has 2 aliphatic rings. The monoisotopic (exact) mass is 380 g/mol. The Morgan fingerprint density at radius 2 is 1.79 bits per heavy atom. The van der Waals surface area contributed by atoms with E-state index in [-0.39, 0.29) is 0 Å². The Hall–Kier alpha value is -2.07. The van der Waals surface area contributed by atoms with Gasteiger partial charge in [-0.05, 0) is 49.7 Å². The lowest BCUT2D eigenvalue weighted by Crippen LogP contribution is -2.42. The number of ether oxygens (including phenoxy) is 1. The van der Waals surface area contributed by atoms with Gasteiger partial charge in [-0.3, -0.25) is 9.82 Å². The molecule has 2 fully saturated rings. The molecule has 1 unspecified atom stereocenters. The van der Waals surface area contributed by atoms with E-state index in [0.29, 0.717) is 12.6 Å². The number of fused-ring (bicyclic) bond motifs is 1. The molecule has 2 aliphatic carbocycles. The number of pyridine rings is 1. The predicted molar refractivity (Wildman–Crippen MR) is 112 cm³/mol. The van der Waals surface area contributed by atoms with Crippen LogP contribution in [-0.4, -0.2) is 18.1 Å². The number of hydrogen-bond acceptors (Lipinski definition) is 4. The summed E-state index contributed by atoms with van der Waals surface area (Å²) in [6.45, 7) is 2.56. The smallest absolute Gasteiger partial charge is 0.165 e. The van der Waals surface area contributed by atoms with Crippen LogP contribution in [0.5, 0.6) is 5.75 Å². The molecule has 2 saturated carbocycles. The Morgan fingerprint density at radius 1 is 1.00 bits per heavy atom. The van der Waals surface area contributed by atoms with Crippen molar-refractivity contribution in [2.75, 3.05) is 12.2 Å². The zero-order valence-corrected chi connectivity index (χ0v) is 17.1. The first-order chi connectivity index (χ1) is 13.8. The highest BCUT2D eigenvalue weighted by Gasteiger charge is 2.36. The number of methoxy groups -OCH3 is 1. The second kappa shape index (κ2) is 8.95. The molecule has 4 rings (SSSR count). The minimum atomic E-state index is 0.388. The van der Waals surface area contributed by atoms with Gasteiger partial charge in [0.25, 0.3) is 0 Å². The number of nitrogens with zero attached hydrogens (tertiary/aromatic N) is 2. The molecule has 0 spiro atoms. The lowest BCUT2D eigenvalue weighted by molar-refractivity contribution is 0.0399. The highest BCUT2D eigenvalue weighted by molar-refractivity contribution is 5.58. The van der Waals surface area contributed by atoms with Crippen LogP contribution in [-0.2, 0) is 11.4 Å². The number of anilines is 1. The van der Waals surface area contributed by atoms with Gasteiger partial charge >= 0.3 is 0 Å². The number of aromatic nitrogens is 1. The second-order valence-corrected chi connectivity index (χ2v) is 8.31. The Balaban J connectivity index is 1.59. The van der Waals surface area contributed by atoms with E-state index >= 15 is 0 Å². The van der Waals surface area contributed by atoms with E-state index in [1.54, 1.807) is 7.11 Å². The number of hydroxylamine groups is 1. The molecule has 1 heterocycles. The maximum absolute atomic E-state index is 6.46. The van der Waals surface area contributed by atoms with Crippen LogP contribution in [0.3, 0.4) is 0 Å². The molecule has 0 amide bonds. The van der Waals surface area contributed by atoms with Crippen molar-refractivity contribution >= 4 is 5.69 Å². The number of aryl methyl sites for hydroxylation is 1. The van der Waals surface area contributed by atoms with Crippen LogP contribution >= 0.6 is 0 Å². The maximum Gasteiger partial charge on any atom is 0.165 e.